The predicted octanol–water partition coefficient (Wildman–Crippen LogP) is 5.09. The molecule has 1 atom stereocenters. The van der Waals surface area contributed by atoms with Gasteiger partial charge in [-0.25, -0.2) is 4.39 Å². The SMILES string of the molecule is CCNC(=O)CC1CCN(CC2=CNC3C(=C2)C=CC(NC(=O)c2ccc(-c4ccc(F)cc4)cc2)=C3C)CC1. The van der Waals surface area contributed by atoms with E-state index in [-0.39, 0.29) is 23.7 Å². The number of halogens is 1. The van der Waals surface area contributed by atoms with Crippen molar-refractivity contribution in [1.82, 2.24) is 20.9 Å². The lowest BCUT2D eigenvalue weighted by molar-refractivity contribution is -0.122. The molecule has 3 aliphatic rings. The Morgan fingerprint density at radius 2 is 1.68 bits per heavy atom. The van der Waals surface area contributed by atoms with Gasteiger partial charge in [0, 0.05) is 37.0 Å². The third-order valence-electron chi connectivity index (χ3n) is 7.96. The minimum atomic E-state index is -0.271. The molecule has 1 saturated heterocycles. The van der Waals surface area contributed by atoms with Crippen LogP contribution in [-0.2, 0) is 4.79 Å². The monoisotopic (exact) mass is 540 g/mol. The number of nitrogens with zero attached hydrogens (tertiary/aromatic N) is 1. The molecule has 0 radical (unpaired) electrons. The molecule has 2 aromatic carbocycles. The number of rotatable bonds is 8. The molecule has 0 bridgehead atoms. The van der Waals surface area contributed by atoms with Crippen LogP contribution in [0.4, 0.5) is 4.39 Å². The normalized spacial score (nSPS) is 19.3. The van der Waals surface area contributed by atoms with Gasteiger partial charge in [0.2, 0.25) is 5.91 Å². The van der Waals surface area contributed by atoms with E-state index in [4.69, 9.17) is 0 Å². The van der Waals surface area contributed by atoms with Crippen LogP contribution in [0.2, 0.25) is 0 Å². The molecule has 1 aliphatic carbocycles. The molecule has 2 amide bonds. The second kappa shape index (κ2) is 12.5. The van der Waals surface area contributed by atoms with Crippen LogP contribution in [0.25, 0.3) is 11.1 Å². The van der Waals surface area contributed by atoms with Crippen molar-refractivity contribution in [2.45, 2.75) is 39.2 Å². The molecule has 0 aromatic heterocycles. The maximum Gasteiger partial charge on any atom is 0.255 e. The van der Waals surface area contributed by atoms with Gasteiger partial charge < -0.3 is 16.0 Å². The molecule has 6 nitrogen and oxygen atoms in total. The number of hydrogen-bond acceptors (Lipinski definition) is 4. The third-order valence-corrected chi connectivity index (χ3v) is 7.96. The van der Waals surface area contributed by atoms with Crippen molar-refractivity contribution >= 4 is 11.8 Å². The summed E-state index contributed by atoms with van der Waals surface area (Å²) in [5.41, 5.74) is 6.67. The fourth-order valence-corrected chi connectivity index (χ4v) is 5.63. The lowest BCUT2D eigenvalue weighted by Gasteiger charge is -2.34. The summed E-state index contributed by atoms with van der Waals surface area (Å²) in [4.78, 5) is 27.4. The molecule has 208 valence electrons. The second-order valence-electron chi connectivity index (χ2n) is 10.8. The number of likely N-dealkylation sites (tertiary alicyclic amines) is 1. The highest BCUT2D eigenvalue weighted by molar-refractivity contribution is 5.96. The van der Waals surface area contributed by atoms with Gasteiger partial charge in [-0.1, -0.05) is 36.4 Å². The van der Waals surface area contributed by atoms with Crippen LogP contribution in [0.1, 0.15) is 43.5 Å². The molecule has 2 heterocycles. The van der Waals surface area contributed by atoms with Gasteiger partial charge in [0.25, 0.3) is 5.91 Å². The van der Waals surface area contributed by atoms with Gasteiger partial charge in [0.05, 0.1) is 6.04 Å². The summed E-state index contributed by atoms with van der Waals surface area (Å²) < 4.78 is 13.2. The molecule has 2 aliphatic heterocycles. The average Bonchev–Trinajstić information content (AvgIpc) is 2.96. The molecule has 5 rings (SSSR count). The van der Waals surface area contributed by atoms with E-state index in [0.29, 0.717) is 24.4 Å². The Labute approximate surface area is 235 Å². The number of piperidine rings is 1. The van der Waals surface area contributed by atoms with Gasteiger partial charge in [-0.3, -0.25) is 14.5 Å². The van der Waals surface area contributed by atoms with Crippen molar-refractivity contribution in [3.8, 4) is 11.1 Å². The van der Waals surface area contributed by atoms with E-state index >= 15 is 0 Å². The van der Waals surface area contributed by atoms with Crippen LogP contribution < -0.4 is 16.0 Å². The summed E-state index contributed by atoms with van der Waals surface area (Å²) in [5, 5.41) is 9.51. The topological polar surface area (TPSA) is 73.5 Å². The Morgan fingerprint density at radius 1 is 1.00 bits per heavy atom. The molecule has 3 N–H and O–H groups in total. The summed E-state index contributed by atoms with van der Waals surface area (Å²) in [6.45, 7) is 7.58. The van der Waals surface area contributed by atoms with Gasteiger partial charge in [0.1, 0.15) is 5.82 Å². The number of benzene rings is 2. The summed E-state index contributed by atoms with van der Waals surface area (Å²) >= 11 is 0. The number of allylic oxidation sites excluding steroid dienone is 1. The number of dihydropyridines is 1. The minimum Gasteiger partial charge on any atom is -0.380 e. The molecule has 1 unspecified atom stereocenters. The molecule has 2 aromatic rings. The number of amides is 2. The van der Waals surface area contributed by atoms with E-state index in [1.807, 2.05) is 32.1 Å². The lowest BCUT2D eigenvalue weighted by Crippen LogP contribution is -2.39. The van der Waals surface area contributed by atoms with Crippen LogP contribution in [0, 0.1) is 11.7 Å². The van der Waals surface area contributed by atoms with Crippen molar-refractivity contribution in [2.24, 2.45) is 5.92 Å². The first kappa shape index (κ1) is 27.6. The van der Waals surface area contributed by atoms with Crippen molar-refractivity contribution in [3.05, 3.63) is 107 Å². The number of fused-ring (bicyclic) bond motifs is 1. The molecule has 0 saturated carbocycles. The van der Waals surface area contributed by atoms with Crippen LogP contribution in [0.15, 0.2) is 95.4 Å². The second-order valence-corrected chi connectivity index (χ2v) is 10.8. The maximum atomic E-state index is 13.2. The fourth-order valence-electron chi connectivity index (χ4n) is 5.63. The third kappa shape index (κ3) is 6.59. The summed E-state index contributed by atoms with van der Waals surface area (Å²) in [6, 6.07) is 13.7. The van der Waals surface area contributed by atoms with Gasteiger partial charge in [-0.05, 0) is 104 Å². The van der Waals surface area contributed by atoms with Crippen LogP contribution >= 0.6 is 0 Å². The molecule has 40 heavy (non-hydrogen) atoms. The van der Waals surface area contributed by atoms with E-state index in [9.17, 15) is 14.0 Å². The number of carbonyl (C=O) groups excluding carboxylic acids is 2. The Bertz CT molecular complexity index is 1360. The highest BCUT2D eigenvalue weighted by atomic mass is 19.1. The smallest absolute Gasteiger partial charge is 0.255 e. The standard InChI is InChI=1S/C33H37FN4O2/c1-3-35-31(39)19-23-14-16-38(17-15-23)21-24-18-28-10-13-30(22(2)32(28)36-20-24)37-33(40)27-6-4-25(5-7-27)26-8-11-29(34)12-9-26/h4-13,18,20,23,32,36H,3,14-17,19,21H2,1-2H3,(H,35,39)(H,37,40). The number of carbonyl (C=O) groups is 2. The molecular weight excluding hydrogens is 503 g/mol. The first-order chi connectivity index (χ1) is 19.4. The summed E-state index contributed by atoms with van der Waals surface area (Å²) in [6.07, 6.45) is 11.1. The zero-order valence-electron chi connectivity index (χ0n) is 23.2. The van der Waals surface area contributed by atoms with Crippen LogP contribution in [0.5, 0.6) is 0 Å². The molecule has 0 spiro atoms. The predicted molar refractivity (Wildman–Crippen MR) is 157 cm³/mol. The average molecular weight is 541 g/mol. The number of hydrogen-bond donors (Lipinski definition) is 3. The first-order valence-corrected chi connectivity index (χ1v) is 14.1. The molecule has 1 fully saturated rings. The van der Waals surface area contributed by atoms with Crippen LogP contribution in [0.3, 0.4) is 0 Å². The zero-order chi connectivity index (χ0) is 28.1. The maximum absolute atomic E-state index is 13.2. The molecule has 7 heteroatoms. The Hall–Kier alpha value is -3.97. The first-order valence-electron chi connectivity index (χ1n) is 14.1. The Morgan fingerprint density at radius 3 is 2.35 bits per heavy atom. The van der Waals surface area contributed by atoms with Gasteiger partial charge in [-0.15, -0.1) is 0 Å². The van der Waals surface area contributed by atoms with Crippen molar-refractivity contribution in [2.75, 3.05) is 26.2 Å². The minimum absolute atomic E-state index is 0.0210. The van der Waals surface area contributed by atoms with E-state index in [0.717, 1.165) is 54.9 Å². The fraction of sp³-hybridized carbons (Fsp3) is 0.333. The van der Waals surface area contributed by atoms with E-state index in [1.165, 1.54) is 23.3 Å². The largest absolute Gasteiger partial charge is 0.380 e. The van der Waals surface area contributed by atoms with Gasteiger partial charge >= 0.3 is 0 Å². The van der Waals surface area contributed by atoms with Crippen molar-refractivity contribution in [1.29, 1.82) is 0 Å². The summed E-state index contributed by atoms with van der Waals surface area (Å²) in [5.74, 6) is 0.199. The highest BCUT2D eigenvalue weighted by Gasteiger charge is 2.26. The quantitative estimate of drug-likeness (QED) is 0.436. The van der Waals surface area contributed by atoms with Crippen molar-refractivity contribution < 1.29 is 14.0 Å². The lowest BCUT2D eigenvalue weighted by atomic mass is 9.89. The van der Waals surface area contributed by atoms with Crippen molar-refractivity contribution in [3.63, 3.8) is 0 Å². The van der Waals surface area contributed by atoms with Gasteiger partial charge in [-0.2, -0.15) is 0 Å². The zero-order valence-corrected chi connectivity index (χ0v) is 23.2. The molecular formula is C33H37FN4O2. The van der Waals surface area contributed by atoms with Gasteiger partial charge in [0.15, 0.2) is 0 Å². The summed E-state index contributed by atoms with van der Waals surface area (Å²) in [7, 11) is 0. The van der Waals surface area contributed by atoms with E-state index in [2.05, 4.69) is 39.2 Å². The number of nitrogens with one attached hydrogen (secondary N) is 3. The van der Waals surface area contributed by atoms with E-state index in [1.54, 1.807) is 24.3 Å². The Balaban J connectivity index is 1.15. The van der Waals surface area contributed by atoms with Crippen LogP contribution in [-0.4, -0.2) is 48.9 Å². The highest BCUT2D eigenvalue weighted by Crippen LogP contribution is 2.28. The van der Waals surface area contributed by atoms with E-state index < -0.39 is 0 Å². The Kier molecular flexibility index (Phi) is 8.60.